The topological polar surface area (TPSA) is 148 Å². The number of hydrogen-bond acceptors (Lipinski definition) is 7. The van der Waals surface area contributed by atoms with E-state index >= 15 is 0 Å². The van der Waals surface area contributed by atoms with Crippen LogP contribution in [0.1, 0.15) is 33.2 Å². The fraction of sp³-hybridized carbons (Fsp3) is 0.0690. The van der Waals surface area contributed by atoms with Crippen molar-refractivity contribution < 1.29 is 29.2 Å². The summed E-state index contributed by atoms with van der Waals surface area (Å²) in [7, 11) is 0. The molecule has 0 radical (unpaired) electrons. The lowest BCUT2D eigenvalue weighted by atomic mass is 10.1. The summed E-state index contributed by atoms with van der Waals surface area (Å²) in [6, 6.07) is 17.4. The predicted molar refractivity (Wildman–Crippen MR) is 166 cm³/mol. The van der Waals surface area contributed by atoms with Crippen LogP contribution in [-0.2, 0) is 4.79 Å². The van der Waals surface area contributed by atoms with Crippen molar-refractivity contribution >= 4 is 81.2 Å². The van der Waals surface area contributed by atoms with E-state index in [0.717, 1.165) is 11.6 Å². The van der Waals surface area contributed by atoms with Crippen molar-refractivity contribution in [3.63, 3.8) is 0 Å². The van der Waals surface area contributed by atoms with Gasteiger partial charge in [-0.05, 0) is 67.1 Å². The summed E-state index contributed by atoms with van der Waals surface area (Å²) in [6.45, 7) is 3.15. The molecule has 0 aliphatic rings. The number of aryl methyl sites for hydroxylation is 1. The number of ether oxygens (including phenoxy) is 1. The summed E-state index contributed by atoms with van der Waals surface area (Å²) in [5.74, 6) is -1.73. The number of carbonyl (C=O) groups is 3. The second kappa shape index (κ2) is 14.7. The third-order valence-corrected chi connectivity index (χ3v) is 6.52. The van der Waals surface area contributed by atoms with E-state index in [1.54, 1.807) is 12.1 Å². The Morgan fingerprint density at radius 2 is 1.30 bits per heavy atom. The molecule has 10 nitrogen and oxygen atoms in total. The van der Waals surface area contributed by atoms with Gasteiger partial charge in [-0.1, -0.05) is 52.5 Å². The molecule has 0 saturated carbocycles. The average Bonchev–Trinajstić information content (AvgIpc) is 2.93. The highest BCUT2D eigenvalue weighted by atomic mass is 35.5. The van der Waals surface area contributed by atoms with Crippen LogP contribution in [0.15, 0.2) is 72.8 Å². The van der Waals surface area contributed by atoms with Gasteiger partial charge in [-0.3, -0.25) is 24.5 Å². The Kier molecular flexibility index (Phi) is 11.3. The van der Waals surface area contributed by atoms with Gasteiger partial charge in [0.1, 0.15) is 11.5 Å². The molecular formula is C29H21Cl4N3O7. The van der Waals surface area contributed by atoms with E-state index in [0.29, 0.717) is 15.7 Å². The smallest absolute Gasteiger partial charge is 0.308 e. The number of non-ortho nitro benzene ring substituents is 1. The van der Waals surface area contributed by atoms with E-state index in [1.165, 1.54) is 55.5 Å². The summed E-state index contributed by atoms with van der Waals surface area (Å²) in [4.78, 5) is 45.5. The number of nitro groups is 1. The number of halogens is 4. The van der Waals surface area contributed by atoms with E-state index < -0.39 is 22.7 Å². The zero-order valence-electron chi connectivity index (χ0n) is 22.3. The first-order valence-electron chi connectivity index (χ1n) is 12.0. The summed E-state index contributed by atoms with van der Waals surface area (Å²) in [5.41, 5.74) is 1.56. The van der Waals surface area contributed by atoms with Crippen LogP contribution in [0.5, 0.6) is 11.5 Å². The molecule has 0 spiro atoms. The van der Waals surface area contributed by atoms with Gasteiger partial charge in [-0.2, -0.15) is 0 Å². The Morgan fingerprint density at radius 1 is 0.767 bits per heavy atom. The van der Waals surface area contributed by atoms with Crippen LogP contribution in [0.25, 0.3) is 0 Å². The number of nitrogens with one attached hydrogen (secondary N) is 2. The highest BCUT2D eigenvalue weighted by molar-refractivity contribution is 6.35. The van der Waals surface area contributed by atoms with Gasteiger partial charge in [0.25, 0.3) is 17.5 Å². The molecule has 0 heterocycles. The summed E-state index contributed by atoms with van der Waals surface area (Å²) < 4.78 is 5.02. The van der Waals surface area contributed by atoms with Gasteiger partial charge in [0.15, 0.2) is 0 Å². The van der Waals surface area contributed by atoms with E-state index in [9.17, 15) is 29.6 Å². The third-order valence-electron chi connectivity index (χ3n) is 5.43. The number of esters is 1. The molecule has 4 aromatic rings. The number of phenolic OH excluding ortho intramolecular Hbond substituents is 1. The van der Waals surface area contributed by atoms with Crippen molar-refractivity contribution in [3.05, 3.63) is 120 Å². The van der Waals surface area contributed by atoms with Crippen molar-refractivity contribution in [1.82, 2.24) is 0 Å². The highest BCUT2D eigenvalue weighted by Crippen LogP contribution is 2.29. The van der Waals surface area contributed by atoms with E-state index in [4.69, 9.17) is 51.1 Å². The zero-order valence-corrected chi connectivity index (χ0v) is 25.3. The number of hydrogen-bond donors (Lipinski definition) is 3. The Morgan fingerprint density at radius 3 is 1.86 bits per heavy atom. The SMILES string of the molecule is CC(=O)Oc1ccc(Cl)cc1C(=O)Nc1ccc(C)cc1Cl.O=C(Nc1ccc([N+](=O)[O-])cc1Cl)c1cc(Cl)ccc1O. The molecule has 0 aliphatic heterocycles. The average molecular weight is 665 g/mol. The number of rotatable bonds is 6. The number of carbonyl (C=O) groups excluding carboxylic acids is 3. The van der Waals surface area contributed by atoms with Gasteiger partial charge < -0.3 is 20.5 Å². The second-order valence-corrected chi connectivity index (χ2v) is 10.4. The molecule has 0 unspecified atom stereocenters. The highest BCUT2D eigenvalue weighted by Gasteiger charge is 2.17. The maximum Gasteiger partial charge on any atom is 0.308 e. The predicted octanol–water partition coefficient (Wildman–Crippen LogP) is 8.34. The molecule has 0 fully saturated rings. The molecule has 0 aromatic heterocycles. The normalized spacial score (nSPS) is 10.2. The molecule has 222 valence electrons. The second-order valence-electron chi connectivity index (χ2n) is 8.71. The number of amides is 2. The molecule has 0 atom stereocenters. The Labute approximate surface area is 265 Å². The molecule has 0 bridgehead atoms. The number of nitrogens with zero attached hydrogens (tertiary/aromatic N) is 1. The number of nitro benzene ring substituents is 1. The third kappa shape index (κ3) is 9.32. The quantitative estimate of drug-likeness (QED) is 0.0812. The summed E-state index contributed by atoms with van der Waals surface area (Å²) in [6.07, 6.45) is 0. The van der Waals surface area contributed by atoms with Gasteiger partial charge in [0.2, 0.25) is 0 Å². The minimum absolute atomic E-state index is 0.0130. The number of benzene rings is 4. The minimum atomic E-state index is -0.634. The Bertz CT molecular complexity index is 1730. The first kappa shape index (κ1) is 33.2. The number of aromatic hydroxyl groups is 1. The summed E-state index contributed by atoms with van der Waals surface area (Å²) in [5, 5.41) is 26.4. The van der Waals surface area contributed by atoms with Crippen molar-refractivity contribution in [1.29, 1.82) is 0 Å². The zero-order chi connectivity index (χ0) is 31.8. The maximum absolute atomic E-state index is 12.4. The molecule has 0 aliphatic carbocycles. The van der Waals surface area contributed by atoms with E-state index in [2.05, 4.69) is 10.6 Å². The van der Waals surface area contributed by atoms with Crippen molar-refractivity contribution in [2.24, 2.45) is 0 Å². The standard InChI is InChI=1S/C16H13Cl2NO3.C13H8Cl2N2O4/c1-9-3-5-14(13(18)7-9)19-16(21)12-8-11(17)4-6-15(12)22-10(2)20;14-7-1-4-12(18)9(5-7)13(19)16-11-3-2-8(17(20)21)6-10(11)15/h3-8H,1-2H3,(H,19,21);1-6,18H,(H,16,19). The lowest BCUT2D eigenvalue weighted by Gasteiger charge is -2.11. The van der Waals surface area contributed by atoms with Gasteiger partial charge >= 0.3 is 5.97 Å². The largest absolute Gasteiger partial charge is 0.507 e. The molecule has 3 N–H and O–H groups in total. The monoisotopic (exact) mass is 663 g/mol. The van der Waals surface area contributed by atoms with Crippen LogP contribution >= 0.6 is 46.4 Å². The van der Waals surface area contributed by atoms with Crippen LogP contribution < -0.4 is 15.4 Å². The Balaban J connectivity index is 0.000000236. The van der Waals surface area contributed by atoms with Gasteiger partial charge in [-0.25, -0.2) is 0 Å². The lowest BCUT2D eigenvalue weighted by Crippen LogP contribution is -2.15. The van der Waals surface area contributed by atoms with Crippen LogP contribution in [0.4, 0.5) is 17.1 Å². The van der Waals surface area contributed by atoms with Gasteiger partial charge in [-0.15, -0.1) is 0 Å². The first-order valence-corrected chi connectivity index (χ1v) is 13.6. The summed E-state index contributed by atoms with van der Waals surface area (Å²) >= 11 is 23.6. The molecule has 0 saturated heterocycles. The molecule has 2 amide bonds. The van der Waals surface area contributed by atoms with Gasteiger partial charge in [0, 0.05) is 29.1 Å². The van der Waals surface area contributed by atoms with Crippen molar-refractivity contribution in [2.75, 3.05) is 10.6 Å². The molecule has 4 rings (SSSR count). The van der Waals surface area contributed by atoms with Crippen molar-refractivity contribution in [2.45, 2.75) is 13.8 Å². The van der Waals surface area contributed by atoms with Crippen LogP contribution in [-0.4, -0.2) is 27.8 Å². The molecular weight excluding hydrogens is 644 g/mol. The Hall–Kier alpha value is -4.35. The van der Waals surface area contributed by atoms with Crippen LogP contribution in [0, 0.1) is 17.0 Å². The fourth-order valence-corrected chi connectivity index (χ4v) is 4.28. The van der Waals surface area contributed by atoms with Gasteiger partial charge in [0.05, 0.1) is 37.5 Å². The molecule has 4 aromatic carbocycles. The molecule has 14 heteroatoms. The number of phenols is 1. The fourth-order valence-electron chi connectivity index (χ4n) is 3.43. The van der Waals surface area contributed by atoms with Crippen LogP contribution in [0.3, 0.4) is 0 Å². The first-order chi connectivity index (χ1) is 20.2. The van der Waals surface area contributed by atoms with Crippen LogP contribution in [0.2, 0.25) is 20.1 Å². The van der Waals surface area contributed by atoms with E-state index in [-0.39, 0.29) is 44.0 Å². The lowest BCUT2D eigenvalue weighted by molar-refractivity contribution is -0.384. The number of anilines is 2. The maximum atomic E-state index is 12.4. The van der Waals surface area contributed by atoms with E-state index in [1.807, 2.05) is 13.0 Å². The van der Waals surface area contributed by atoms with Crippen molar-refractivity contribution in [3.8, 4) is 11.5 Å². The minimum Gasteiger partial charge on any atom is -0.507 e. The molecule has 43 heavy (non-hydrogen) atoms.